The van der Waals surface area contributed by atoms with Gasteiger partial charge in [-0.3, -0.25) is 15.1 Å². The number of H-pyrrole nitrogens is 2. The van der Waals surface area contributed by atoms with Crippen molar-refractivity contribution in [1.82, 2.24) is 30.1 Å². The number of fused-ring (bicyclic) bond motifs is 2. The quantitative estimate of drug-likeness (QED) is 0.260. The first-order chi connectivity index (χ1) is 18.3. The number of aromatic amines is 2. The minimum Gasteiger partial charge on any atom is -0.487 e. The van der Waals surface area contributed by atoms with Crippen LogP contribution in [0.4, 0.5) is 0 Å². The average Bonchev–Trinajstić information content (AvgIpc) is 3.71. The van der Waals surface area contributed by atoms with Gasteiger partial charge in [0.05, 0.1) is 29.3 Å². The maximum atomic E-state index is 5.98. The van der Waals surface area contributed by atoms with Crippen molar-refractivity contribution in [2.45, 2.75) is 6.61 Å². The Morgan fingerprint density at radius 3 is 2.70 bits per heavy atom. The first-order valence-electron chi connectivity index (χ1n) is 11.8. The molecule has 7 aromatic rings. The van der Waals surface area contributed by atoms with E-state index in [0.29, 0.717) is 12.4 Å². The molecule has 1 aromatic carbocycles. The molecule has 0 atom stereocenters. The fraction of sp³-hybridized carbons (Fsp3) is 0.0345. The highest BCUT2D eigenvalue weighted by atomic mass is 32.1. The van der Waals surface area contributed by atoms with Crippen LogP contribution in [0, 0.1) is 0 Å². The summed E-state index contributed by atoms with van der Waals surface area (Å²) in [4.78, 5) is 17.0. The molecule has 178 valence electrons. The zero-order chi connectivity index (χ0) is 24.6. The Labute approximate surface area is 215 Å². The highest BCUT2D eigenvalue weighted by molar-refractivity contribution is 7.08. The smallest absolute Gasteiger partial charge is 0.138 e. The van der Waals surface area contributed by atoms with E-state index < -0.39 is 0 Å². The van der Waals surface area contributed by atoms with E-state index in [9.17, 15) is 0 Å². The molecule has 6 aromatic heterocycles. The van der Waals surface area contributed by atoms with Gasteiger partial charge in [0.1, 0.15) is 23.7 Å². The summed E-state index contributed by atoms with van der Waals surface area (Å²) >= 11 is 1.68. The van der Waals surface area contributed by atoms with Gasteiger partial charge in [0.15, 0.2) is 0 Å². The number of thiophene rings is 1. The van der Waals surface area contributed by atoms with Gasteiger partial charge >= 0.3 is 0 Å². The Kier molecular flexibility index (Phi) is 5.22. The van der Waals surface area contributed by atoms with Crippen molar-refractivity contribution in [2.75, 3.05) is 0 Å². The van der Waals surface area contributed by atoms with Gasteiger partial charge in [-0.05, 0) is 57.8 Å². The Balaban J connectivity index is 1.24. The number of ether oxygens (including phenoxy) is 1. The van der Waals surface area contributed by atoms with Crippen LogP contribution in [-0.2, 0) is 6.61 Å². The maximum Gasteiger partial charge on any atom is 0.138 e. The number of pyridine rings is 3. The minimum absolute atomic E-state index is 0.478. The molecule has 0 aliphatic rings. The molecule has 8 heteroatoms. The van der Waals surface area contributed by atoms with Gasteiger partial charge in [0.25, 0.3) is 0 Å². The van der Waals surface area contributed by atoms with Crippen molar-refractivity contribution in [3.05, 3.63) is 102 Å². The van der Waals surface area contributed by atoms with Crippen LogP contribution in [-0.4, -0.2) is 30.1 Å². The fourth-order valence-electron chi connectivity index (χ4n) is 4.48. The predicted molar refractivity (Wildman–Crippen MR) is 146 cm³/mol. The number of nitrogens with one attached hydrogen (secondary N) is 2. The minimum atomic E-state index is 0.478. The topological polar surface area (TPSA) is 92.4 Å². The largest absolute Gasteiger partial charge is 0.487 e. The van der Waals surface area contributed by atoms with E-state index >= 15 is 0 Å². The van der Waals surface area contributed by atoms with E-state index in [0.717, 1.165) is 55.7 Å². The van der Waals surface area contributed by atoms with E-state index in [-0.39, 0.29) is 0 Å². The molecule has 0 fully saturated rings. The van der Waals surface area contributed by atoms with Gasteiger partial charge in [-0.25, -0.2) is 4.98 Å². The SMILES string of the molecule is c1ccc(COc2cncc(-c3cc4c(-c5cc6c(-c7ccsc7)ccnc6[nH]5)n[nH]c4cn3)c2)cc1. The first kappa shape index (κ1) is 21.5. The molecule has 7 nitrogen and oxygen atoms in total. The van der Waals surface area contributed by atoms with Crippen LogP contribution in [0.25, 0.3) is 55.7 Å². The van der Waals surface area contributed by atoms with Crippen molar-refractivity contribution in [3.8, 4) is 39.5 Å². The van der Waals surface area contributed by atoms with E-state index in [4.69, 9.17) is 4.74 Å². The molecule has 0 radical (unpaired) electrons. The molecule has 37 heavy (non-hydrogen) atoms. The molecule has 2 N–H and O–H groups in total. The molecule has 6 heterocycles. The molecule has 0 bridgehead atoms. The second kappa shape index (κ2) is 9.00. The van der Waals surface area contributed by atoms with Crippen molar-refractivity contribution >= 4 is 33.3 Å². The molecule has 0 aliphatic heterocycles. The number of aromatic nitrogens is 6. The molecule has 7 rings (SSSR count). The Morgan fingerprint density at radius 1 is 0.865 bits per heavy atom. The fourth-order valence-corrected chi connectivity index (χ4v) is 5.14. The summed E-state index contributed by atoms with van der Waals surface area (Å²) in [6.45, 7) is 0.478. The molecule has 0 saturated heterocycles. The third-order valence-electron chi connectivity index (χ3n) is 6.32. The van der Waals surface area contributed by atoms with Crippen LogP contribution in [0.5, 0.6) is 5.75 Å². The zero-order valence-corrected chi connectivity index (χ0v) is 20.4. The van der Waals surface area contributed by atoms with Crippen LogP contribution in [0.1, 0.15) is 5.56 Å². The lowest BCUT2D eigenvalue weighted by Crippen LogP contribution is -1.96. The van der Waals surface area contributed by atoms with Crippen molar-refractivity contribution in [1.29, 1.82) is 0 Å². The van der Waals surface area contributed by atoms with Crippen molar-refractivity contribution in [3.63, 3.8) is 0 Å². The van der Waals surface area contributed by atoms with Gasteiger partial charge in [0.2, 0.25) is 0 Å². The van der Waals surface area contributed by atoms with Crippen LogP contribution >= 0.6 is 11.3 Å². The highest BCUT2D eigenvalue weighted by Gasteiger charge is 2.16. The lowest BCUT2D eigenvalue weighted by molar-refractivity contribution is 0.305. The molecule has 0 spiro atoms. The van der Waals surface area contributed by atoms with Gasteiger partial charge in [-0.2, -0.15) is 16.4 Å². The third kappa shape index (κ3) is 4.03. The molecule has 0 amide bonds. The molecule has 0 unspecified atom stereocenters. The molecule has 0 aliphatic carbocycles. The monoisotopic (exact) mass is 500 g/mol. The maximum absolute atomic E-state index is 5.98. The first-order valence-corrected chi connectivity index (χ1v) is 12.7. The summed E-state index contributed by atoms with van der Waals surface area (Å²) in [5, 5.41) is 14.0. The van der Waals surface area contributed by atoms with E-state index in [1.807, 2.05) is 54.7 Å². The van der Waals surface area contributed by atoms with Crippen molar-refractivity contribution < 1.29 is 4.74 Å². The summed E-state index contributed by atoms with van der Waals surface area (Å²) in [6, 6.07) is 20.4. The van der Waals surface area contributed by atoms with Crippen molar-refractivity contribution in [2.24, 2.45) is 0 Å². The zero-order valence-electron chi connectivity index (χ0n) is 19.6. The summed E-state index contributed by atoms with van der Waals surface area (Å²) < 4.78 is 5.98. The second-order valence-corrected chi connectivity index (χ2v) is 9.47. The predicted octanol–water partition coefficient (Wildman–Crippen LogP) is 6.87. The Bertz CT molecular complexity index is 1840. The normalized spacial score (nSPS) is 11.4. The third-order valence-corrected chi connectivity index (χ3v) is 7.01. The second-order valence-electron chi connectivity index (χ2n) is 8.69. The number of hydrogen-bond donors (Lipinski definition) is 2. The highest BCUT2D eigenvalue weighted by Crippen LogP contribution is 2.34. The molecule has 0 saturated carbocycles. The number of hydrogen-bond acceptors (Lipinski definition) is 6. The summed E-state index contributed by atoms with van der Waals surface area (Å²) in [7, 11) is 0. The van der Waals surface area contributed by atoms with Crippen LogP contribution < -0.4 is 4.74 Å². The number of benzene rings is 1. The average molecular weight is 501 g/mol. The summed E-state index contributed by atoms with van der Waals surface area (Å²) in [6.07, 6.45) is 7.15. The van der Waals surface area contributed by atoms with E-state index in [1.165, 1.54) is 5.56 Å². The van der Waals surface area contributed by atoms with E-state index in [2.05, 4.69) is 53.0 Å². The van der Waals surface area contributed by atoms with Gasteiger partial charge in [-0.1, -0.05) is 30.3 Å². The van der Waals surface area contributed by atoms with Crippen LogP contribution in [0.2, 0.25) is 0 Å². The molecular weight excluding hydrogens is 480 g/mol. The van der Waals surface area contributed by atoms with Crippen LogP contribution in [0.3, 0.4) is 0 Å². The Morgan fingerprint density at radius 2 is 1.81 bits per heavy atom. The molecular formula is C29H20N6OS. The summed E-state index contributed by atoms with van der Waals surface area (Å²) in [5.74, 6) is 0.693. The lowest BCUT2D eigenvalue weighted by Gasteiger charge is -2.08. The van der Waals surface area contributed by atoms with Gasteiger partial charge < -0.3 is 9.72 Å². The number of nitrogens with zero attached hydrogens (tertiary/aromatic N) is 4. The summed E-state index contributed by atoms with van der Waals surface area (Å²) in [5.41, 5.74) is 8.50. The van der Waals surface area contributed by atoms with Gasteiger partial charge in [0, 0.05) is 28.7 Å². The van der Waals surface area contributed by atoms with Crippen LogP contribution in [0.15, 0.2) is 96.2 Å². The number of rotatable bonds is 6. The lowest BCUT2D eigenvalue weighted by atomic mass is 10.1. The Hall–Kier alpha value is -4.82. The van der Waals surface area contributed by atoms with E-state index in [1.54, 1.807) is 29.9 Å². The standard InChI is InChI=1S/C29H20N6OS/c1-2-4-18(5-3-1)16-36-21-10-20(13-30-14-21)25-12-24-27(15-32-25)34-35-28(24)26-11-23-22(19-7-9-37-17-19)6-8-31-29(23)33-26/h1-15,17H,16H2,(H,31,33)(H,34,35). The van der Waals surface area contributed by atoms with Gasteiger partial charge in [-0.15, -0.1) is 0 Å².